The summed E-state index contributed by atoms with van der Waals surface area (Å²) in [6.45, 7) is 0.885. The van der Waals surface area contributed by atoms with Crippen LogP contribution in [0, 0.1) is 0 Å². The number of thioether (sulfide) groups is 1. The van der Waals surface area contributed by atoms with Gasteiger partial charge in [-0.15, -0.1) is 11.8 Å². The molecule has 82 valence electrons. The summed E-state index contributed by atoms with van der Waals surface area (Å²) < 4.78 is 5.52. The number of halogens is 1. The Morgan fingerprint density at radius 2 is 2.47 bits per heavy atom. The molecule has 1 atom stereocenters. The van der Waals surface area contributed by atoms with Crippen LogP contribution in [0.3, 0.4) is 0 Å². The van der Waals surface area contributed by atoms with Crippen LogP contribution in [0.2, 0.25) is 5.15 Å². The molecule has 0 amide bonds. The number of pyridine rings is 1. The molecule has 3 nitrogen and oxygen atoms in total. The van der Waals surface area contributed by atoms with E-state index in [9.17, 15) is 0 Å². The Morgan fingerprint density at radius 1 is 1.60 bits per heavy atom. The van der Waals surface area contributed by atoms with Crippen molar-refractivity contribution in [3.63, 3.8) is 0 Å². The summed E-state index contributed by atoms with van der Waals surface area (Å²) in [6.07, 6.45) is 2.66. The fraction of sp³-hybridized carbons (Fsp3) is 0.500. The van der Waals surface area contributed by atoms with Crippen molar-refractivity contribution in [1.29, 1.82) is 0 Å². The molecule has 1 saturated heterocycles. The van der Waals surface area contributed by atoms with Crippen molar-refractivity contribution < 1.29 is 4.74 Å². The summed E-state index contributed by atoms with van der Waals surface area (Å²) in [5.74, 6) is 0.923. The van der Waals surface area contributed by atoms with Crippen molar-refractivity contribution in [3.05, 3.63) is 17.3 Å². The van der Waals surface area contributed by atoms with E-state index < -0.39 is 0 Å². The molecule has 0 bridgehead atoms. The van der Waals surface area contributed by atoms with Gasteiger partial charge in [0.25, 0.3) is 0 Å². The van der Waals surface area contributed by atoms with Crippen LogP contribution in [0.1, 0.15) is 12.8 Å². The minimum Gasteiger partial charge on any atom is -0.399 e. The van der Waals surface area contributed by atoms with E-state index in [1.807, 2.05) is 6.07 Å². The summed E-state index contributed by atoms with van der Waals surface area (Å²) in [4.78, 5) is 4.19. The van der Waals surface area contributed by atoms with E-state index in [1.165, 1.54) is 0 Å². The molecule has 1 aromatic heterocycles. The summed E-state index contributed by atoms with van der Waals surface area (Å²) >= 11 is 7.46. The van der Waals surface area contributed by atoms with Crippen LogP contribution in [0.5, 0.6) is 0 Å². The predicted octanol–water partition coefficient (Wildman–Crippen LogP) is 2.59. The standard InChI is InChI=1S/C10H13ClN2OS/c11-9-4-7(12)5-10(13-9)15-6-8-2-1-3-14-8/h4-5,8H,1-3,6H2,(H2,12,13). The highest BCUT2D eigenvalue weighted by Gasteiger charge is 2.15. The minimum absolute atomic E-state index is 0.358. The van der Waals surface area contributed by atoms with E-state index >= 15 is 0 Å². The molecule has 1 fully saturated rings. The summed E-state index contributed by atoms with van der Waals surface area (Å²) in [5.41, 5.74) is 6.33. The number of aromatic nitrogens is 1. The highest BCUT2D eigenvalue weighted by molar-refractivity contribution is 7.99. The second-order valence-electron chi connectivity index (χ2n) is 3.51. The molecule has 0 spiro atoms. The van der Waals surface area contributed by atoms with E-state index in [2.05, 4.69) is 4.98 Å². The maximum atomic E-state index is 5.81. The average Bonchev–Trinajstić information content (AvgIpc) is 2.65. The molecular weight excluding hydrogens is 232 g/mol. The van der Waals surface area contributed by atoms with Crippen molar-refractivity contribution >= 4 is 29.1 Å². The molecule has 5 heteroatoms. The molecule has 2 N–H and O–H groups in total. The molecule has 1 unspecified atom stereocenters. The zero-order valence-corrected chi connectivity index (χ0v) is 9.85. The second-order valence-corrected chi connectivity index (χ2v) is 4.94. The normalized spacial score (nSPS) is 20.7. The first-order valence-electron chi connectivity index (χ1n) is 4.91. The third-order valence-electron chi connectivity index (χ3n) is 2.23. The Kier molecular flexibility index (Phi) is 3.72. The van der Waals surface area contributed by atoms with Crippen LogP contribution in [-0.2, 0) is 4.74 Å². The third kappa shape index (κ3) is 3.26. The van der Waals surface area contributed by atoms with Crippen LogP contribution in [0.4, 0.5) is 5.69 Å². The average molecular weight is 245 g/mol. The van der Waals surface area contributed by atoms with Crippen LogP contribution in [-0.4, -0.2) is 23.4 Å². The van der Waals surface area contributed by atoms with Crippen LogP contribution in [0.15, 0.2) is 17.2 Å². The molecule has 0 saturated carbocycles. The maximum absolute atomic E-state index is 5.81. The second kappa shape index (κ2) is 5.05. The number of hydrogen-bond donors (Lipinski definition) is 1. The first-order chi connectivity index (χ1) is 7.24. The lowest BCUT2D eigenvalue weighted by atomic mass is 10.3. The SMILES string of the molecule is Nc1cc(Cl)nc(SCC2CCCO2)c1. The van der Waals surface area contributed by atoms with Gasteiger partial charge < -0.3 is 10.5 Å². The molecule has 0 radical (unpaired) electrons. The maximum Gasteiger partial charge on any atom is 0.132 e. The molecule has 2 heterocycles. The van der Waals surface area contributed by atoms with Gasteiger partial charge in [0.15, 0.2) is 0 Å². The zero-order chi connectivity index (χ0) is 10.7. The van der Waals surface area contributed by atoms with Crippen LogP contribution < -0.4 is 5.73 Å². The molecular formula is C10H13ClN2OS. The molecule has 0 aliphatic carbocycles. The molecule has 0 aromatic carbocycles. The first-order valence-corrected chi connectivity index (χ1v) is 6.28. The number of nitrogens with zero attached hydrogens (tertiary/aromatic N) is 1. The van der Waals surface area contributed by atoms with Gasteiger partial charge in [-0.3, -0.25) is 0 Å². The van der Waals surface area contributed by atoms with Gasteiger partial charge in [0.2, 0.25) is 0 Å². The van der Waals surface area contributed by atoms with Gasteiger partial charge in [-0.25, -0.2) is 4.98 Å². The highest BCUT2D eigenvalue weighted by atomic mass is 35.5. The Hall–Kier alpha value is -0.450. The number of ether oxygens (including phenoxy) is 1. The fourth-order valence-corrected chi connectivity index (χ4v) is 2.79. The van der Waals surface area contributed by atoms with Crippen molar-refractivity contribution in [3.8, 4) is 0 Å². The van der Waals surface area contributed by atoms with E-state index in [0.29, 0.717) is 16.9 Å². The van der Waals surface area contributed by atoms with Gasteiger partial charge in [-0.05, 0) is 25.0 Å². The highest BCUT2D eigenvalue weighted by Crippen LogP contribution is 2.25. The van der Waals surface area contributed by atoms with Gasteiger partial charge in [-0.2, -0.15) is 0 Å². The monoisotopic (exact) mass is 244 g/mol. The molecule has 1 aliphatic rings. The fourth-order valence-electron chi connectivity index (χ4n) is 1.52. The predicted molar refractivity (Wildman–Crippen MR) is 63.4 cm³/mol. The smallest absolute Gasteiger partial charge is 0.132 e. The minimum atomic E-state index is 0.358. The van der Waals surface area contributed by atoms with Gasteiger partial charge in [0.1, 0.15) is 5.15 Å². The first kappa shape index (κ1) is 11.0. The molecule has 1 aliphatic heterocycles. The number of rotatable bonds is 3. The topological polar surface area (TPSA) is 48.1 Å². The number of nitrogens with two attached hydrogens (primary N) is 1. The molecule has 15 heavy (non-hydrogen) atoms. The number of nitrogen functional groups attached to an aromatic ring is 1. The summed E-state index contributed by atoms with van der Waals surface area (Å²) in [6, 6.07) is 3.49. The lowest BCUT2D eigenvalue weighted by Crippen LogP contribution is -2.07. The zero-order valence-electron chi connectivity index (χ0n) is 8.28. The Morgan fingerprint density at radius 3 is 3.13 bits per heavy atom. The van der Waals surface area contributed by atoms with E-state index in [0.717, 1.165) is 30.2 Å². The van der Waals surface area contributed by atoms with E-state index in [1.54, 1.807) is 17.8 Å². The van der Waals surface area contributed by atoms with E-state index in [4.69, 9.17) is 22.1 Å². The quantitative estimate of drug-likeness (QED) is 0.656. The Bertz CT molecular complexity index is 322. The third-order valence-corrected chi connectivity index (χ3v) is 3.47. The largest absolute Gasteiger partial charge is 0.399 e. The number of hydrogen-bond acceptors (Lipinski definition) is 4. The van der Waals surface area contributed by atoms with Crippen molar-refractivity contribution in [2.24, 2.45) is 0 Å². The van der Waals surface area contributed by atoms with Crippen molar-refractivity contribution in [2.45, 2.75) is 24.0 Å². The van der Waals surface area contributed by atoms with Gasteiger partial charge in [0, 0.05) is 18.0 Å². The van der Waals surface area contributed by atoms with Crippen LogP contribution >= 0.6 is 23.4 Å². The van der Waals surface area contributed by atoms with Gasteiger partial charge in [-0.1, -0.05) is 11.6 Å². The number of anilines is 1. The Labute approximate surface area is 98.3 Å². The van der Waals surface area contributed by atoms with Gasteiger partial charge in [0.05, 0.1) is 11.1 Å². The van der Waals surface area contributed by atoms with Crippen molar-refractivity contribution in [2.75, 3.05) is 18.1 Å². The Balaban J connectivity index is 1.92. The van der Waals surface area contributed by atoms with Crippen LogP contribution in [0.25, 0.3) is 0 Å². The van der Waals surface area contributed by atoms with E-state index in [-0.39, 0.29) is 0 Å². The van der Waals surface area contributed by atoms with Crippen molar-refractivity contribution in [1.82, 2.24) is 4.98 Å². The lowest BCUT2D eigenvalue weighted by Gasteiger charge is -2.08. The molecule has 1 aromatic rings. The summed E-state index contributed by atoms with van der Waals surface area (Å²) in [5, 5.41) is 1.32. The molecule has 2 rings (SSSR count). The lowest BCUT2D eigenvalue weighted by molar-refractivity contribution is 0.129. The van der Waals surface area contributed by atoms with Gasteiger partial charge >= 0.3 is 0 Å². The summed E-state index contributed by atoms with van der Waals surface area (Å²) in [7, 11) is 0.